The fraction of sp³-hybridized carbons (Fsp3) is 0.846. The summed E-state index contributed by atoms with van der Waals surface area (Å²) >= 11 is 1.95. The number of carbonyl (C=O) groups excluding carboxylic acids is 1. The van der Waals surface area contributed by atoms with E-state index < -0.39 is 11.9 Å². The van der Waals surface area contributed by atoms with Crippen LogP contribution in [0.2, 0.25) is 0 Å². The minimum atomic E-state index is -0.838. The van der Waals surface area contributed by atoms with E-state index in [1.807, 2.05) is 18.7 Å². The third-order valence-electron chi connectivity index (χ3n) is 3.45. The van der Waals surface area contributed by atoms with Crippen LogP contribution in [0.5, 0.6) is 0 Å². The van der Waals surface area contributed by atoms with Crippen LogP contribution >= 0.6 is 11.8 Å². The SMILES string of the molecule is CCN(CC(C)C(=O)O)C(=O)CC1CCSCC1. The lowest BCUT2D eigenvalue weighted by Gasteiger charge is -2.27. The lowest BCUT2D eigenvalue weighted by atomic mass is 9.98. The van der Waals surface area contributed by atoms with Crippen molar-refractivity contribution < 1.29 is 14.7 Å². The molecule has 0 aliphatic carbocycles. The molecule has 0 bridgehead atoms. The smallest absolute Gasteiger partial charge is 0.308 e. The summed E-state index contributed by atoms with van der Waals surface area (Å²) in [6.07, 6.45) is 2.81. The summed E-state index contributed by atoms with van der Waals surface area (Å²) < 4.78 is 0. The van der Waals surface area contributed by atoms with Gasteiger partial charge in [0.05, 0.1) is 5.92 Å². The van der Waals surface area contributed by atoms with Crippen molar-refractivity contribution in [2.24, 2.45) is 11.8 Å². The summed E-state index contributed by atoms with van der Waals surface area (Å²) in [5.41, 5.74) is 0. The molecule has 1 saturated heterocycles. The van der Waals surface area contributed by atoms with Gasteiger partial charge in [-0.15, -0.1) is 0 Å². The Morgan fingerprint density at radius 3 is 2.50 bits per heavy atom. The molecule has 1 atom stereocenters. The quantitative estimate of drug-likeness (QED) is 0.805. The predicted octanol–water partition coefficient (Wildman–Crippen LogP) is 2.09. The molecule has 5 heteroatoms. The molecule has 1 aliphatic rings. The van der Waals surface area contributed by atoms with Crippen LogP contribution in [0.3, 0.4) is 0 Å². The monoisotopic (exact) mass is 273 g/mol. The van der Waals surface area contributed by atoms with Crippen LogP contribution in [0.25, 0.3) is 0 Å². The van der Waals surface area contributed by atoms with E-state index in [0.717, 1.165) is 24.3 Å². The zero-order chi connectivity index (χ0) is 13.5. The van der Waals surface area contributed by atoms with Gasteiger partial charge < -0.3 is 10.0 Å². The summed E-state index contributed by atoms with van der Waals surface area (Å²) in [6, 6.07) is 0. The highest BCUT2D eigenvalue weighted by Crippen LogP contribution is 2.25. The molecule has 1 unspecified atom stereocenters. The molecule has 104 valence electrons. The number of hydrogen-bond acceptors (Lipinski definition) is 3. The normalized spacial score (nSPS) is 18.3. The Hall–Kier alpha value is -0.710. The molecule has 1 rings (SSSR count). The fourth-order valence-corrected chi connectivity index (χ4v) is 3.35. The van der Waals surface area contributed by atoms with Crippen molar-refractivity contribution in [3.05, 3.63) is 0 Å². The molecule has 4 nitrogen and oxygen atoms in total. The van der Waals surface area contributed by atoms with Gasteiger partial charge in [-0.3, -0.25) is 9.59 Å². The first-order valence-electron chi connectivity index (χ1n) is 6.62. The Morgan fingerprint density at radius 1 is 1.39 bits per heavy atom. The Kier molecular flexibility index (Phi) is 6.54. The van der Waals surface area contributed by atoms with Gasteiger partial charge in [-0.05, 0) is 37.2 Å². The van der Waals surface area contributed by atoms with Gasteiger partial charge in [-0.2, -0.15) is 11.8 Å². The predicted molar refractivity (Wildman–Crippen MR) is 73.7 cm³/mol. The van der Waals surface area contributed by atoms with Crippen LogP contribution in [-0.2, 0) is 9.59 Å². The van der Waals surface area contributed by atoms with Gasteiger partial charge in [0.15, 0.2) is 0 Å². The molecule has 1 aliphatic heterocycles. The summed E-state index contributed by atoms with van der Waals surface area (Å²) in [5.74, 6) is 1.58. The Morgan fingerprint density at radius 2 is 2.00 bits per heavy atom. The van der Waals surface area contributed by atoms with Gasteiger partial charge in [-0.1, -0.05) is 6.92 Å². The molecule has 0 spiro atoms. The van der Waals surface area contributed by atoms with E-state index in [0.29, 0.717) is 25.4 Å². The van der Waals surface area contributed by atoms with Gasteiger partial charge in [0, 0.05) is 19.5 Å². The first-order valence-corrected chi connectivity index (χ1v) is 7.78. The molecular weight excluding hydrogens is 250 g/mol. The number of carboxylic acid groups (broad SMARTS) is 1. The van der Waals surface area contributed by atoms with Crippen molar-refractivity contribution in [1.29, 1.82) is 0 Å². The Bertz CT molecular complexity index is 290. The Labute approximate surface area is 113 Å². The van der Waals surface area contributed by atoms with Crippen LogP contribution in [0.4, 0.5) is 0 Å². The van der Waals surface area contributed by atoms with E-state index in [-0.39, 0.29) is 5.91 Å². The summed E-state index contributed by atoms with van der Waals surface area (Å²) in [6.45, 7) is 4.47. The molecule has 0 aromatic carbocycles. The molecule has 18 heavy (non-hydrogen) atoms. The topological polar surface area (TPSA) is 57.6 Å². The number of hydrogen-bond donors (Lipinski definition) is 1. The van der Waals surface area contributed by atoms with E-state index in [1.165, 1.54) is 0 Å². The number of thioether (sulfide) groups is 1. The van der Waals surface area contributed by atoms with Crippen LogP contribution in [-0.4, -0.2) is 46.5 Å². The fourth-order valence-electron chi connectivity index (χ4n) is 2.14. The molecule has 1 heterocycles. The standard InChI is InChI=1S/C13H23NO3S/c1-3-14(9-10(2)13(16)17)12(15)8-11-4-6-18-7-5-11/h10-11H,3-9H2,1-2H3,(H,16,17). The van der Waals surface area contributed by atoms with E-state index in [1.54, 1.807) is 11.8 Å². The van der Waals surface area contributed by atoms with E-state index in [9.17, 15) is 9.59 Å². The van der Waals surface area contributed by atoms with E-state index in [2.05, 4.69) is 0 Å². The number of carboxylic acids is 1. The van der Waals surface area contributed by atoms with Crippen molar-refractivity contribution in [2.45, 2.75) is 33.1 Å². The maximum absolute atomic E-state index is 12.1. The van der Waals surface area contributed by atoms with Crippen molar-refractivity contribution >= 4 is 23.6 Å². The second-order valence-corrected chi connectivity index (χ2v) is 6.16. The van der Waals surface area contributed by atoms with Gasteiger partial charge in [0.25, 0.3) is 0 Å². The highest BCUT2D eigenvalue weighted by atomic mass is 32.2. The van der Waals surface area contributed by atoms with Gasteiger partial charge >= 0.3 is 5.97 Å². The molecule has 1 N–H and O–H groups in total. The molecule has 1 fully saturated rings. The minimum absolute atomic E-state index is 0.113. The number of amides is 1. The van der Waals surface area contributed by atoms with Crippen molar-refractivity contribution in [3.63, 3.8) is 0 Å². The van der Waals surface area contributed by atoms with Gasteiger partial charge in [0.1, 0.15) is 0 Å². The minimum Gasteiger partial charge on any atom is -0.481 e. The highest BCUT2D eigenvalue weighted by molar-refractivity contribution is 7.99. The molecule has 0 aromatic rings. The van der Waals surface area contributed by atoms with Crippen molar-refractivity contribution in [3.8, 4) is 0 Å². The second-order valence-electron chi connectivity index (χ2n) is 4.93. The first-order chi connectivity index (χ1) is 8.54. The zero-order valence-electron chi connectivity index (χ0n) is 11.2. The average Bonchev–Trinajstić information content (AvgIpc) is 2.36. The maximum Gasteiger partial charge on any atom is 0.308 e. The van der Waals surface area contributed by atoms with Gasteiger partial charge in [0.2, 0.25) is 5.91 Å². The average molecular weight is 273 g/mol. The van der Waals surface area contributed by atoms with E-state index >= 15 is 0 Å². The van der Waals surface area contributed by atoms with Crippen molar-refractivity contribution in [1.82, 2.24) is 4.90 Å². The molecule has 1 amide bonds. The lowest BCUT2D eigenvalue weighted by molar-refractivity contribution is -0.143. The van der Waals surface area contributed by atoms with E-state index in [4.69, 9.17) is 5.11 Å². The number of nitrogens with zero attached hydrogens (tertiary/aromatic N) is 1. The van der Waals surface area contributed by atoms with Crippen molar-refractivity contribution in [2.75, 3.05) is 24.6 Å². The Balaban J connectivity index is 2.43. The molecule has 0 saturated carbocycles. The first kappa shape index (κ1) is 15.3. The zero-order valence-corrected chi connectivity index (χ0v) is 12.0. The summed E-state index contributed by atoms with van der Waals surface area (Å²) in [5, 5.41) is 8.89. The molecule has 0 radical (unpaired) electrons. The van der Waals surface area contributed by atoms with Crippen LogP contribution in [0.1, 0.15) is 33.1 Å². The highest BCUT2D eigenvalue weighted by Gasteiger charge is 2.23. The van der Waals surface area contributed by atoms with Crippen LogP contribution < -0.4 is 0 Å². The lowest BCUT2D eigenvalue weighted by Crippen LogP contribution is -2.37. The summed E-state index contributed by atoms with van der Waals surface area (Å²) in [7, 11) is 0. The van der Waals surface area contributed by atoms with Gasteiger partial charge in [-0.25, -0.2) is 0 Å². The van der Waals surface area contributed by atoms with Crippen LogP contribution in [0, 0.1) is 11.8 Å². The number of rotatable bonds is 6. The maximum atomic E-state index is 12.1. The number of aliphatic carboxylic acids is 1. The van der Waals surface area contributed by atoms with Crippen LogP contribution in [0.15, 0.2) is 0 Å². The molecule has 0 aromatic heterocycles. The summed E-state index contributed by atoms with van der Waals surface area (Å²) in [4.78, 5) is 24.6. The third-order valence-corrected chi connectivity index (χ3v) is 4.50. The molecular formula is C13H23NO3S. The largest absolute Gasteiger partial charge is 0.481 e. The number of carbonyl (C=O) groups is 2. The second kappa shape index (κ2) is 7.67. The third kappa shape index (κ3) is 4.88.